The molecule has 0 bridgehead atoms. The van der Waals surface area contributed by atoms with Gasteiger partial charge in [-0.3, -0.25) is 9.13 Å². The quantitative estimate of drug-likeness (QED) is 0.638. The van der Waals surface area contributed by atoms with Crippen LogP contribution < -0.4 is 11.0 Å². The Morgan fingerprint density at radius 2 is 1.93 bits per heavy atom. The number of allylic oxidation sites excluding steroid dienone is 2. The number of hydrogen-bond acceptors (Lipinski definition) is 3. The minimum Gasteiger partial charge on any atom is -0.356 e. The van der Waals surface area contributed by atoms with E-state index in [2.05, 4.69) is 31.3 Å². The molecule has 0 atom stereocenters. The molecular formula is C21H30ClN3OS. The van der Waals surface area contributed by atoms with Crippen molar-refractivity contribution < 1.29 is 0 Å². The molecule has 0 saturated carbocycles. The fourth-order valence-corrected chi connectivity index (χ4v) is 3.11. The highest BCUT2D eigenvalue weighted by Gasteiger charge is 2.09. The summed E-state index contributed by atoms with van der Waals surface area (Å²) in [5, 5.41) is 4.10. The highest BCUT2D eigenvalue weighted by Crippen LogP contribution is 2.16. The van der Waals surface area contributed by atoms with Gasteiger partial charge in [0.05, 0.1) is 5.69 Å². The van der Waals surface area contributed by atoms with Crippen LogP contribution in [0.2, 0.25) is 5.02 Å². The van der Waals surface area contributed by atoms with E-state index < -0.39 is 0 Å². The first-order valence-electron chi connectivity index (χ1n) is 9.17. The van der Waals surface area contributed by atoms with Crippen molar-refractivity contribution in [3.05, 3.63) is 67.4 Å². The number of anilines is 1. The Labute approximate surface area is 172 Å². The fraction of sp³-hybridized carbons (Fsp3) is 0.429. The lowest BCUT2D eigenvalue weighted by atomic mass is 10.1. The van der Waals surface area contributed by atoms with Crippen molar-refractivity contribution in [1.82, 2.24) is 9.13 Å². The molecule has 1 aromatic heterocycles. The fourth-order valence-electron chi connectivity index (χ4n) is 2.62. The van der Waals surface area contributed by atoms with Crippen LogP contribution in [0.5, 0.6) is 0 Å². The predicted octanol–water partition coefficient (Wildman–Crippen LogP) is 5.78. The van der Waals surface area contributed by atoms with Crippen LogP contribution in [0.15, 0.2) is 40.8 Å². The second-order valence-corrected chi connectivity index (χ2v) is 7.29. The molecule has 0 aliphatic carbocycles. The topological polar surface area (TPSA) is 39.0 Å². The van der Waals surface area contributed by atoms with Crippen LogP contribution in [-0.4, -0.2) is 9.13 Å². The van der Waals surface area contributed by atoms with E-state index in [9.17, 15) is 4.79 Å². The van der Waals surface area contributed by atoms with Crippen LogP contribution in [0.25, 0.3) is 0 Å². The molecule has 2 aromatic rings. The number of benzene rings is 1. The van der Waals surface area contributed by atoms with Gasteiger partial charge in [-0.25, -0.2) is 4.79 Å². The highest BCUT2D eigenvalue weighted by molar-refractivity contribution is 7.71. The average molecular weight is 408 g/mol. The standard InChI is InChI=1S/C12H19N3OS.C9H11Cl/c1-6-7-8(2)13-10-9(3)14(4)12(16)15(5)11(10)17;1-2-4-8-5-3-6-9(10)7-8/h7,13H,6H2,1-5H3;3,5-7H,2,4H2,1H3/b8-7+;. The number of nitrogens with one attached hydrogen (secondary N) is 1. The summed E-state index contributed by atoms with van der Waals surface area (Å²) < 4.78 is 3.61. The SMILES string of the molecule is CC/C=C(\C)Nc1c(C)n(C)c(=O)n(C)c1=S.CCCc1cccc(Cl)c1. The van der Waals surface area contributed by atoms with Crippen molar-refractivity contribution in [2.45, 2.75) is 47.0 Å². The van der Waals surface area contributed by atoms with Gasteiger partial charge >= 0.3 is 5.69 Å². The molecule has 0 fully saturated rings. The molecule has 1 N–H and O–H groups in total. The van der Waals surface area contributed by atoms with Gasteiger partial charge in [0.15, 0.2) is 0 Å². The van der Waals surface area contributed by atoms with Gasteiger partial charge in [-0.05, 0) is 44.4 Å². The molecule has 4 nitrogen and oxygen atoms in total. The van der Waals surface area contributed by atoms with Gasteiger partial charge in [-0.15, -0.1) is 0 Å². The summed E-state index contributed by atoms with van der Waals surface area (Å²) in [4.78, 5) is 11.8. The molecule has 0 saturated heterocycles. The lowest BCUT2D eigenvalue weighted by Gasteiger charge is -2.15. The zero-order chi connectivity index (χ0) is 20.6. The Kier molecular flexibility index (Phi) is 9.53. The van der Waals surface area contributed by atoms with E-state index in [1.54, 1.807) is 18.7 Å². The minimum atomic E-state index is -0.102. The molecule has 0 unspecified atom stereocenters. The third kappa shape index (κ3) is 6.67. The number of halogens is 1. The van der Waals surface area contributed by atoms with E-state index >= 15 is 0 Å². The van der Waals surface area contributed by atoms with Crippen LogP contribution in [0.1, 0.15) is 44.9 Å². The minimum absolute atomic E-state index is 0.102. The largest absolute Gasteiger partial charge is 0.356 e. The Morgan fingerprint density at radius 3 is 2.48 bits per heavy atom. The van der Waals surface area contributed by atoms with E-state index in [1.165, 1.54) is 16.6 Å². The number of rotatable bonds is 5. The van der Waals surface area contributed by atoms with Gasteiger partial charge in [-0.1, -0.05) is 62.3 Å². The molecule has 148 valence electrons. The average Bonchev–Trinajstić information content (AvgIpc) is 2.63. The van der Waals surface area contributed by atoms with Crippen LogP contribution in [-0.2, 0) is 20.5 Å². The summed E-state index contributed by atoms with van der Waals surface area (Å²) in [5.74, 6) is 0. The predicted molar refractivity (Wildman–Crippen MR) is 119 cm³/mol. The molecular weight excluding hydrogens is 378 g/mol. The molecule has 0 aliphatic heterocycles. The first-order chi connectivity index (χ1) is 12.7. The van der Waals surface area contributed by atoms with Crippen molar-refractivity contribution in [3.8, 4) is 0 Å². The van der Waals surface area contributed by atoms with E-state index in [0.29, 0.717) is 4.64 Å². The lowest BCUT2D eigenvalue weighted by molar-refractivity contribution is 0.682. The summed E-state index contributed by atoms with van der Waals surface area (Å²) >= 11 is 11.1. The number of aryl methyl sites for hydroxylation is 1. The van der Waals surface area contributed by atoms with Crippen LogP contribution in [0, 0.1) is 11.6 Å². The molecule has 27 heavy (non-hydrogen) atoms. The summed E-state index contributed by atoms with van der Waals surface area (Å²) in [6.07, 6.45) is 5.35. The Bertz CT molecular complexity index is 913. The summed E-state index contributed by atoms with van der Waals surface area (Å²) in [7, 11) is 3.44. The van der Waals surface area contributed by atoms with Gasteiger partial charge in [0, 0.05) is 30.5 Å². The number of hydrogen-bond donors (Lipinski definition) is 1. The summed E-state index contributed by atoms with van der Waals surface area (Å²) in [6.45, 7) is 8.12. The van der Waals surface area contributed by atoms with Crippen molar-refractivity contribution in [2.24, 2.45) is 14.1 Å². The van der Waals surface area contributed by atoms with E-state index in [1.807, 2.05) is 32.0 Å². The Morgan fingerprint density at radius 1 is 1.26 bits per heavy atom. The second-order valence-electron chi connectivity index (χ2n) is 6.47. The third-order valence-electron chi connectivity index (χ3n) is 4.22. The maximum Gasteiger partial charge on any atom is 0.328 e. The first kappa shape index (κ1) is 23.2. The first-order valence-corrected chi connectivity index (χ1v) is 9.96. The maximum atomic E-state index is 11.8. The van der Waals surface area contributed by atoms with Crippen molar-refractivity contribution in [3.63, 3.8) is 0 Å². The molecule has 2 rings (SSSR count). The molecule has 0 amide bonds. The van der Waals surface area contributed by atoms with E-state index in [0.717, 1.165) is 34.9 Å². The van der Waals surface area contributed by atoms with Crippen LogP contribution in [0.4, 0.5) is 5.69 Å². The zero-order valence-corrected chi connectivity index (χ0v) is 18.7. The van der Waals surface area contributed by atoms with Crippen molar-refractivity contribution >= 4 is 29.5 Å². The Hall–Kier alpha value is -1.85. The van der Waals surface area contributed by atoms with Crippen molar-refractivity contribution in [1.29, 1.82) is 0 Å². The van der Waals surface area contributed by atoms with Gasteiger partial charge < -0.3 is 5.32 Å². The monoisotopic (exact) mass is 407 g/mol. The summed E-state index contributed by atoms with van der Waals surface area (Å²) in [6, 6.07) is 8.02. The summed E-state index contributed by atoms with van der Waals surface area (Å²) in [5.41, 5.74) is 3.94. The zero-order valence-electron chi connectivity index (χ0n) is 17.1. The molecule has 0 aliphatic rings. The maximum absolute atomic E-state index is 11.8. The van der Waals surface area contributed by atoms with Gasteiger partial charge in [0.1, 0.15) is 4.64 Å². The lowest BCUT2D eigenvalue weighted by Crippen LogP contribution is -2.30. The van der Waals surface area contributed by atoms with Gasteiger partial charge in [-0.2, -0.15) is 0 Å². The molecule has 1 heterocycles. The second kappa shape index (κ2) is 11.1. The molecule has 0 spiro atoms. The Balaban J connectivity index is 0.000000309. The van der Waals surface area contributed by atoms with Crippen molar-refractivity contribution in [2.75, 3.05) is 5.32 Å². The highest BCUT2D eigenvalue weighted by atomic mass is 35.5. The van der Waals surface area contributed by atoms with Gasteiger partial charge in [0.2, 0.25) is 0 Å². The normalized spacial score (nSPS) is 11.0. The van der Waals surface area contributed by atoms with Crippen LogP contribution in [0.3, 0.4) is 0 Å². The van der Waals surface area contributed by atoms with Gasteiger partial charge in [0.25, 0.3) is 0 Å². The van der Waals surface area contributed by atoms with Crippen LogP contribution >= 0.6 is 23.8 Å². The molecule has 0 radical (unpaired) electrons. The number of nitrogens with zero attached hydrogens (tertiary/aromatic N) is 2. The third-order valence-corrected chi connectivity index (χ3v) is 4.93. The van der Waals surface area contributed by atoms with E-state index in [4.69, 9.17) is 23.8 Å². The molecule has 1 aromatic carbocycles. The molecule has 6 heteroatoms. The number of aromatic nitrogens is 2. The smallest absolute Gasteiger partial charge is 0.328 e. The van der Waals surface area contributed by atoms with E-state index in [-0.39, 0.29) is 5.69 Å².